The lowest BCUT2D eigenvalue weighted by Crippen LogP contribution is -2.40. The summed E-state index contributed by atoms with van der Waals surface area (Å²) in [6, 6.07) is 9.84. The number of carbonyl (C=O) groups excluding carboxylic acids is 2. The third-order valence-corrected chi connectivity index (χ3v) is 5.56. The lowest BCUT2D eigenvalue weighted by atomic mass is 9.82. The Hall–Kier alpha value is -2.04. The van der Waals surface area contributed by atoms with E-state index in [-0.39, 0.29) is 11.9 Å². The number of urea groups is 1. The van der Waals surface area contributed by atoms with E-state index in [1.54, 1.807) is 0 Å². The Morgan fingerprint density at radius 2 is 1.19 bits per heavy atom. The highest BCUT2D eigenvalue weighted by Crippen LogP contribution is 2.28. The summed E-state index contributed by atoms with van der Waals surface area (Å²) < 4.78 is 0. The molecule has 0 bridgehead atoms. The largest absolute Gasteiger partial charge is 0.356 e. The zero-order valence-electron chi connectivity index (χ0n) is 15.5. The van der Waals surface area contributed by atoms with E-state index in [0.29, 0.717) is 24.2 Å². The summed E-state index contributed by atoms with van der Waals surface area (Å²) in [6.07, 6.45) is 7.47. The van der Waals surface area contributed by atoms with Crippen LogP contribution in [0.25, 0.3) is 0 Å². The van der Waals surface area contributed by atoms with Crippen molar-refractivity contribution >= 4 is 11.9 Å². The molecule has 2 fully saturated rings. The second-order valence-electron chi connectivity index (χ2n) is 7.89. The average molecular weight is 357 g/mol. The molecule has 142 valence electrons. The highest BCUT2D eigenvalue weighted by atomic mass is 16.2. The zero-order chi connectivity index (χ0) is 18.2. The van der Waals surface area contributed by atoms with Crippen molar-refractivity contribution in [3.05, 3.63) is 35.9 Å². The van der Waals surface area contributed by atoms with Gasteiger partial charge in [0.2, 0.25) is 5.91 Å². The first-order chi connectivity index (χ1) is 12.7. The topological polar surface area (TPSA) is 70.2 Å². The molecule has 3 rings (SSSR count). The van der Waals surface area contributed by atoms with Crippen molar-refractivity contribution in [3.63, 3.8) is 0 Å². The highest BCUT2D eigenvalue weighted by molar-refractivity contribution is 5.78. The number of rotatable bonds is 8. The van der Waals surface area contributed by atoms with Gasteiger partial charge in [-0.25, -0.2) is 4.79 Å². The first kappa shape index (κ1) is 18.7. The number of benzene rings is 1. The summed E-state index contributed by atoms with van der Waals surface area (Å²) in [7, 11) is 0. The molecule has 0 atom stereocenters. The molecule has 0 aromatic heterocycles. The van der Waals surface area contributed by atoms with E-state index in [1.807, 2.05) is 30.3 Å². The van der Waals surface area contributed by atoms with Gasteiger partial charge in [-0.2, -0.15) is 0 Å². The lowest BCUT2D eigenvalue weighted by molar-refractivity contribution is -0.120. The Bertz CT molecular complexity index is 578. The molecule has 0 saturated heterocycles. The van der Waals surface area contributed by atoms with Crippen molar-refractivity contribution in [1.82, 2.24) is 16.0 Å². The average Bonchev–Trinajstić information content (AvgIpc) is 3.49. The van der Waals surface area contributed by atoms with E-state index in [4.69, 9.17) is 0 Å². The second kappa shape index (κ2) is 9.60. The molecule has 0 spiro atoms. The smallest absolute Gasteiger partial charge is 0.314 e. The molecule has 2 aliphatic carbocycles. The highest BCUT2D eigenvalue weighted by Gasteiger charge is 2.23. The standard InChI is InChI=1S/C21H31N3O2/c25-20(12-16-4-2-1-3-5-16)22-13-17-6-8-18(9-7-17)14-23-21(26)24-15-19-10-11-19/h1-5,17-19H,6-15H2,(H,22,25)(H2,23,24,26). The maximum atomic E-state index is 12.0. The Labute approximate surface area is 156 Å². The van der Waals surface area contributed by atoms with Crippen LogP contribution in [0.3, 0.4) is 0 Å². The number of carbonyl (C=O) groups is 2. The summed E-state index contributed by atoms with van der Waals surface area (Å²) in [5, 5.41) is 9.04. The second-order valence-corrected chi connectivity index (χ2v) is 7.89. The number of hydrogen-bond donors (Lipinski definition) is 3. The first-order valence-electron chi connectivity index (χ1n) is 10.0. The summed E-state index contributed by atoms with van der Waals surface area (Å²) >= 11 is 0. The molecule has 0 unspecified atom stereocenters. The van der Waals surface area contributed by atoms with Gasteiger partial charge in [0.1, 0.15) is 0 Å². The minimum absolute atomic E-state index is 0.0211. The number of hydrogen-bond acceptors (Lipinski definition) is 2. The van der Waals surface area contributed by atoms with Crippen LogP contribution >= 0.6 is 0 Å². The third kappa shape index (κ3) is 6.70. The van der Waals surface area contributed by atoms with Crippen LogP contribution < -0.4 is 16.0 Å². The van der Waals surface area contributed by atoms with Gasteiger partial charge in [0.15, 0.2) is 0 Å². The van der Waals surface area contributed by atoms with Gasteiger partial charge in [-0.05, 0) is 61.8 Å². The molecule has 1 aromatic carbocycles. The van der Waals surface area contributed by atoms with Crippen LogP contribution in [0.1, 0.15) is 44.1 Å². The molecule has 5 nitrogen and oxygen atoms in total. The van der Waals surface area contributed by atoms with Gasteiger partial charge in [0, 0.05) is 19.6 Å². The molecule has 1 aromatic rings. The number of amides is 3. The molecule has 0 heterocycles. The summed E-state index contributed by atoms with van der Waals surface area (Å²) in [4.78, 5) is 23.8. The molecule has 26 heavy (non-hydrogen) atoms. The van der Waals surface area contributed by atoms with Crippen LogP contribution in [-0.4, -0.2) is 31.6 Å². The minimum Gasteiger partial charge on any atom is -0.356 e. The summed E-state index contributed by atoms with van der Waals surface area (Å²) in [5.74, 6) is 1.95. The van der Waals surface area contributed by atoms with Crippen molar-refractivity contribution in [1.29, 1.82) is 0 Å². The SMILES string of the molecule is O=C(Cc1ccccc1)NCC1CCC(CNC(=O)NCC2CC2)CC1. The maximum Gasteiger partial charge on any atom is 0.314 e. The molecule has 2 saturated carbocycles. The van der Waals surface area contributed by atoms with Crippen molar-refractivity contribution in [2.75, 3.05) is 19.6 Å². The van der Waals surface area contributed by atoms with Gasteiger partial charge < -0.3 is 16.0 Å². The molecule has 0 radical (unpaired) electrons. The van der Waals surface area contributed by atoms with Gasteiger partial charge >= 0.3 is 6.03 Å². The minimum atomic E-state index is -0.0211. The van der Waals surface area contributed by atoms with Crippen LogP contribution in [-0.2, 0) is 11.2 Å². The van der Waals surface area contributed by atoms with E-state index in [9.17, 15) is 9.59 Å². The summed E-state index contributed by atoms with van der Waals surface area (Å²) in [6.45, 7) is 2.36. The predicted octanol–water partition coefficient (Wildman–Crippen LogP) is 2.86. The summed E-state index contributed by atoms with van der Waals surface area (Å²) in [5.41, 5.74) is 1.06. The van der Waals surface area contributed by atoms with Crippen LogP contribution in [0, 0.1) is 17.8 Å². The van der Waals surface area contributed by atoms with Crippen LogP contribution in [0.2, 0.25) is 0 Å². The molecule has 3 amide bonds. The van der Waals surface area contributed by atoms with Crippen molar-refractivity contribution in [2.24, 2.45) is 17.8 Å². The Balaban J connectivity index is 1.25. The van der Waals surface area contributed by atoms with E-state index < -0.39 is 0 Å². The van der Waals surface area contributed by atoms with Crippen LogP contribution in [0.4, 0.5) is 4.79 Å². The van der Waals surface area contributed by atoms with E-state index in [2.05, 4.69) is 16.0 Å². The molecule has 0 aliphatic heterocycles. The van der Waals surface area contributed by atoms with E-state index >= 15 is 0 Å². The molecular weight excluding hydrogens is 326 g/mol. The van der Waals surface area contributed by atoms with Crippen LogP contribution in [0.5, 0.6) is 0 Å². The molecule has 5 heteroatoms. The normalized spacial score (nSPS) is 22.5. The van der Waals surface area contributed by atoms with Gasteiger partial charge in [-0.3, -0.25) is 4.79 Å². The fourth-order valence-corrected chi connectivity index (χ4v) is 3.60. The Morgan fingerprint density at radius 1 is 0.731 bits per heavy atom. The quantitative estimate of drug-likeness (QED) is 0.669. The van der Waals surface area contributed by atoms with E-state index in [0.717, 1.165) is 50.9 Å². The van der Waals surface area contributed by atoms with Crippen molar-refractivity contribution in [3.8, 4) is 0 Å². The van der Waals surface area contributed by atoms with Crippen molar-refractivity contribution < 1.29 is 9.59 Å². The fraction of sp³-hybridized carbons (Fsp3) is 0.619. The van der Waals surface area contributed by atoms with E-state index in [1.165, 1.54) is 12.8 Å². The van der Waals surface area contributed by atoms with Gasteiger partial charge in [0.05, 0.1) is 6.42 Å². The Kier molecular flexibility index (Phi) is 6.92. The van der Waals surface area contributed by atoms with Gasteiger partial charge in [-0.1, -0.05) is 30.3 Å². The van der Waals surface area contributed by atoms with Gasteiger partial charge in [-0.15, -0.1) is 0 Å². The molecular formula is C21H31N3O2. The van der Waals surface area contributed by atoms with Crippen molar-refractivity contribution in [2.45, 2.75) is 44.9 Å². The predicted molar refractivity (Wildman–Crippen MR) is 103 cm³/mol. The fourth-order valence-electron chi connectivity index (χ4n) is 3.60. The molecule has 2 aliphatic rings. The van der Waals surface area contributed by atoms with Crippen LogP contribution in [0.15, 0.2) is 30.3 Å². The third-order valence-electron chi connectivity index (χ3n) is 5.56. The monoisotopic (exact) mass is 357 g/mol. The maximum absolute atomic E-state index is 12.0. The molecule has 3 N–H and O–H groups in total. The number of nitrogens with one attached hydrogen (secondary N) is 3. The first-order valence-corrected chi connectivity index (χ1v) is 10.0. The zero-order valence-corrected chi connectivity index (χ0v) is 15.5. The lowest BCUT2D eigenvalue weighted by Gasteiger charge is -2.28. The van der Waals surface area contributed by atoms with Gasteiger partial charge in [0.25, 0.3) is 0 Å². The Morgan fingerprint density at radius 3 is 1.69 bits per heavy atom.